The number of H-pyrrole nitrogens is 1. The highest BCUT2D eigenvalue weighted by molar-refractivity contribution is 5.75. The third-order valence-corrected chi connectivity index (χ3v) is 5.31. The molecule has 7 nitrogen and oxygen atoms in total. The van der Waals surface area contributed by atoms with Crippen LogP contribution in [0, 0.1) is 5.92 Å². The van der Waals surface area contributed by atoms with E-state index in [0.29, 0.717) is 13.0 Å². The van der Waals surface area contributed by atoms with E-state index < -0.39 is 5.97 Å². The number of nitrogens with one attached hydrogen (secondary N) is 2. The third kappa shape index (κ3) is 5.56. The van der Waals surface area contributed by atoms with E-state index in [1.54, 1.807) is 6.20 Å². The maximum Gasteiger partial charge on any atom is 0.304 e. The molecule has 2 fully saturated rings. The predicted molar refractivity (Wildman–Crippen MR) is 93.0 cm³/mol. The molecule has 1 aliphatic carbocycles. The summed E-state index contributed by atoms with van der Waals surface area (Å²) in [5.74, 6) is 0.0776. The van der Waals surface area contributed by atoms with Crippen molar-refractivity contribution < 1.29 is 14.7 Å². The fraction of sp³-hybridized carbons (Fsp3) is 0.722. The molecule has 1 amide bonds. The van der Waals surface area contributed by atoms with Crippen molar-refractivity contribution in [2.75, 3.05) is 13.1 Å². The molecule has 0 unspecified atom stereocenters. The predicted octanol–water partition coefficient (Wildman–Crippen LogP) is 1.57. The Bertz CT molecular complexity index is 571. The van der Waals surface area contributed by atoms with Crippen LogP contribution in [0.4, 0.5) is 0 Å². The topological polar surface area (TPSA) is 98.3 Å². The van der Waals surface area contributed by atoms with Crippen LogP contribution in [0.2, 0.25) is 0 Å². The Morgan fingerprint density at radius 1 is 1.28 bits per heavy atom. The number of hydrogen-bond acceptors (Lipinski definition) is 4. The highest BCUT2D eigenvalue weighted by Crippen LogP contribution is 2.35. The molecule has 1 aromatic heterocycles. The van der Waals surface area contributed by atoms with Crippen LogP contribution >= 0.6 is 0 Å². The minimum absolute atomic E-state index is 0.0801. The number of amides is 1. The van der Waals surface area contributed by atoms with Gasteiger partial charge in [-0.1, -0.05) is 0 Å². The summed E-state index contributed by atoms with van der Waals surface area (Å²) in [5.41, 5.74) is 1.12. The monoisotopic (exact) mass is 348 g/mol. The average Bonchev–Trinajstić information content (AvgIpc) is 3.09. The SMILES string of the molecule is O=C(O)C[C@H]1CC[C@@H](CNC(=O)CCCc2cn[nH]c2)N1CC1CC1. The second-order valence-electron chi connectivity index (χ2n) is 7.39. The van der Waals surface area contributed by atoms with Crippen LogP contribution in [0.3, 0.4) is 0 Å². The molecule has 25 heavy (non-hydrogen) atoms. The van der Waals surface area contributed by atoms with Gasteiger partial charge in [-0.15, -0.1) is 0 Å². The summed E-state index contributed by atoms with van der Waals surface area (Å²) < 4.78 is 0. The van der Waals surface area contributed by atoms with Crippen LogP contribution in [0.25, 0.3) is 0 Å². The van der Waals surface area contributed by atoms with Gasteiger partial charge in [0, 0.05) is 37.8 Å². The summed E-state index contributed by atoms with van der Waals surface area (Å²) in [6.45, 7) is 1.62. The van der Waals surface area contributed by atoms with Gasteiger partial charge in [-0.25, -0.2) is 0 Å². The lowest BCUT2D eigenvalue weighted by molar-refractivity contribution is -0.138. The van der Waals surface area contributed by atoms with E-state index in [-0.39, 0.29) is 24.4 Å². The summed E-state index contributed by atoms with van der Waals surface area (Å²) in [6, 6.07) is 0.406. The van der Waals surface area contributed by atoms with Gasteiger partial charge >= 0.3 is 5.97 Å². The van der Waals surface area contributed by atoms with Crippen molar-refractivity contribution in [1.29, 1.82) is 0 Å². The lowest BCUT2D eigenvalue weighted by atomic mass is 10.1. The van der Waals surface area contributed by atoms with E-state index in [1.165, 1.54) is 12.8 Å². The van der Waals surface area contributed by atoms with Gasteiger partial charge in [0.2, 0.25) is 5.91 Å². The first-order valence-electron chi connectivity index (χ1n) is 9.33. The van der Waals surface area contributed by atoms with Crippen molar-refractivity contribution in [2.24, 2.45) is 5.92 Å². The second-order valence-corrected chi connectivity index (χ2v) is 7.39. The number of nitrogens with zero attached hydrogens (tertiary/aromatic N) is 2. The first-order chi connectivity index (χ1) is 12.1. The minimum atomic E-state index is -0.727. The second kappa shape index (κ2) is 8.47. The zero-order chi connectivity index (χ0) is 17.6. The summed E-state index contributed by atoms with van der Waals surface area (Å²) in [5, 5.41) is 18.8. The maximum atomic E-state index is 12.1. The third-order valence-electron chi connectivity index (χ3n) is 5.31. The number of likely N-dealkylation sites (tertiary alicyclic amines) is 1. The van der Waals surface area contributed by atoms with Crippen molar-refractivity contribution in [3.8, 4) is 0 Å². The van der Waals surface area contributed by atoms with Crippen molar-refractivity contribution in [3.05, 3.63) is 18.0 Å². The largest absolute Gasteiger partial charge is 0.481 e. The van der Waals surface area contributed by atoms with Gasteiger partial charge < -0.3 is 10.4 Å². The van der Waals surface area contributed by atoms with Gasteiger partial charge in [0.1, 0.15) is 0 Å². The first-order valence-corrected chi connectivity index (χ1v) is 9.33. The van der Waals surface area contributed by atoms with E-state index in [9.17, 15) is 9.59 Å². The van der Waals surface area contributed by atoms with E-state index in [0.717, 1.165) is 43.7 Å². The lowest BCUT2D eigenvalue weighted by Gasteiger charge is -2.29. The molecule has 138 valence electrons. The Balaban J connectivity index is 1.40. The number of rotatable bonds is 10. The zero-order valence-electron chi connectivity index (χ0n) is 14.6. The molecule has 0 radical (unpaired) electrons. The molecule has 3 N–H and O–H groups in total. The quantitative estimate of drug-likeness (QED) is 0.596. The Labute approximate surface area is 148 Å². The van der Waals surface area contributed by atoms with Gasteiger partial charge in [0.15, 0.2) is 0 Å². The maximum absolute atomic E-state index is 12.1. The van der Waals surface area contributed by atoms with E-state index in [4.69, 9.17) is 5.11 Å². The average molecular weight is 348 g/mol. The smallest absolute Gasteiger partial charge is 0.304 e. The van der Waals surface area contributed by atoms with Crippen LogP contribution in [0.15, 0.2) is 12.4 Å². The van der Waals surface area contributed by atoms with E-state index in [2.05, 4.69) is 20.4 Å². The Hall–Kier alpha value is -1.89. The molecular formula is C18H28N4O3. The fourth-order valence-electron chi connectivity index (χ4n) is 3.74. The molecule has 1 aromatic rings. The van der Waals surface area contributed by atoms with Crippen molar-refractivity contribution in [3.63, 3.8) is 0 Å². The van der Waals surface area contributed by atoms with Crippen molar-refractivity contribution in [1.82, 2.24) is 20.4 Å². The number of carbonyl (C=O) groups is 2. The first kappa shape index (κ1) is 17.9. The number of carbonyl (C=O) groups excluding carboxylic acids is 1. The zero-order valence-corrected chi connectivity index (χ0v) is 14.6. The lowest BCUT2D eigenvalue weighted by Crippen LogP contribution is -2.44. The van der Waals surface area contributed by atoms with Gasteiger partial charge in [-0.05, 0) is 50.0 Å². The number of aromatic nitrogens is 2. The highest BCUT2D eigenvalue weighted by atomic mass is 16.4. The Morgan fingerprint density at radius 3 is 2.76 bits per heavy atom. The normalized spacial score (nSPS) is 23.7. The molecule has 1 saturated carbocycles. The van der Waals surface area contributed by atoms with Gasteiger partial charge in [0.05, 0.1) is 12.6 Å². The molecule has 1 saturated heterocycles. The fourth-order valence-corrected chi connectivity index (χ4v) is 3.74. The van der Waals surface area contributed by atoms with Crippen LogP contribution in [0.1, 0.15) is 50.5 Å². The van der Waals surface area contributed by atoms with Crippen LogP contribution in [-0.4, -0.2) is 57.3 Å². The number of carboxylic acid groups (broad SMARTS) is 1. The molecule has 0 spiro atoms. The molecule has 7 heteroatoms. The van der Waals surface area contributed by atoms with Gasteiger partial charge in [-0.2, -0.15) is 5.10 Å². The summed E-state index contributed by atoms with van der Waals surface area (Å²) in [6.07, 6.45) is 10.4. The van der Waals surface area contributed by atoms with Gasteiger partial charge in [-0.3, -0.25) is 19.6 Å². The van der Waals surface area contributed by atoms with E-state index >= 15 is 0 Å². The molecule has 2 heterocycles. The Morgan fingerprint density at radius 2 is 2.08 bits per heavy atom. The number of hydrogen-bond donors (Lipinski definition) is 3. The van der Waals surface area contributed by atoms with Crippen molar-refractivity contribution in [2.45, 2.75) is 63.5 Å². The number of aryl methyl sites for hydroxylation is 1. The summed E-state index contributed by atoms with van der Waals surface area (Å²) >= 11 is 0. The standard InChI is InChI=1S/C18H28N4O3/c23-17(3-1-2-14-9-20-21-10-14)19-11-16-7-6-15(8-18(24)25)22(16)12-13-4-5-13/h9-10,13,15-16H,1-8,11-12H2,(H,19,23)(H,20,21)(H,24,25)/t15-,16+/m1/s1. The Kier molecular flexibility index (Phi) is 6.07. The van der Waals surface area contributed by atoms with Crippen LogP contribution < -0.4 is 5.32 Å². The molecule has 0 aromatic carbocycles. The minimum Gasteiger partial charge on any atom is -0.481 e. The van der Waals surface area contributed by atoms with Crippen LogP contribution in [0.5, 0.6) is 0 Å². The molecule has 0 bridgehead atoms. The molecule has 1 aliphatic heterocycles. The number of carboxylic acids is 1. The van der Waals surface area contributed by atoms with Crippen molar-refractivity contribution >= 4 is 11.9 Å². The van der Waals surface area contributed by atoms with Gasteiger partial charge in [0.25, 0.3) is 0 Å². The molecule has 2 aliphatic rings. The molecule has 3 rings (SSSR count). The van der Waals surface area contributed by atoms with E-state index in [1.807, 2.05) is 6.20 Å². The molecular weight excluding hydrogens is 320 g/mol. The highest BCUT2D eigenvalue weighted by Gasteiger charge is 2.37. The number of aromatic amines is 1. The number of aliphatic carboxylic acids is 1. The summed E-state index contributed by atoms with van der Waals surface area (Å²) in [4.78, 5) is 25.5. The summed E-state index contributed by atoms with van der Waals surface area (Å²) in [7, 11) is 0. The molecule has 2 atom stereocenters. The van der Waals surface area contributed by atoms with Crippen LogP contribution in [-0.2, 0) is 16.0 Å².